The summed E-state index contributed by atoms with van der Waals surface area (Å²) in [4.78, 5) is 29.6. The van der Waals surface area contributed by atoms with Crippen LogP contribution in [-0.4, -0.2) is 72.1 Å². The van der Waals surface area contributed by atoms with Gasteiger partial charge in [0.25, 0.3) is 0 Å². The third-order valence-electron chi connectivity index (χ3n) is 7.15. The first kappa shape index (κ1) is 21.9. The quantitative estimate of drug-likeness (QED) is 0.686. The molecule has 2 heterocycles. The molecule has 1 amide bonds. The van der Waals surface area contributed by atoms with Gasteiger partial charge in [0.15, 0.2) is 5.78 Å². The van der Waals surface area contributed by atoms with Gasteiger partial charge in [0.2, 0.25) is 0 Å². The maximum atomic E-state index is 13.9. The van der Waals surface area contributed by atoms with Crippen LogP contribution in [0.2, 0.25) is 10.0 Å². The minimum Gasteiger partial charge on any atom is -0.465 e. The van der Waals surface area contributed by atoms with Gasteiger partial charge in [0, 0.05) is 38.5 Å². The Morgan fingerprint density at radius 2 is 1.90 bits per heavy atom. The van der Waals surface area contributed by atoms with Crippen LogP contribution in [0, 0.1) is 11.8 Å². The molecule has 1 aromatic rings. The zero-order chi connectivity index (χ0) is 21.5. The molecule has 1 saturated carbocycles. The number of benzene rings is 1. The standard InChI is InChI=1S/C22H29Cl2N3O3/c1-26(21(29)30)22(13-25-11-17(22)16-4-5-18(23)19(24)10-16)20(28)15-6-8-27(9-7-15)12-14-2-3-14/h4-5,10,14-15,17,25H,2-3,6-9,11-13H2,1H3,(H,29,30)/t17-,22+/m1/s1. The first-order valence-corrected chi connectivity index (χ1v) is 11.5. The van der Waals surface area contributed by atoms with E-state index in [1.165, 1.54) is 24.8 Å². The lowest BCUT2D eigenvalue weighted by atomic mass is 9.72. The molecule has 0 bridgehead atoms. The Bertz CT molecular complexity index is 824. The normalized spacial score (nSPS) is 27.9. The molecule has 2 aliphatic heterocycles. The lowest BCUT2D eigenvalue weighted by molar-refractivity contribution is -0.135. The highest BCUT2D eigenvalue weighted by Gasteiger charge is 2.56. The minimum atomic E-state index is -1.15. The summed E-state index contributed by atoms with van der Waals surface area (Å²) in [5, 5.41) is 14.0. The van der Waals surface area contributed by atoms with Gasteiger partial charge < -0.3 is 15.3 Å². The molecule has 2 atom stereocenters. The average Bonchev–Trinajstić information content (AvgIpc) is 3.44. The largest absolute Gasteiger partial charge is 0.465 e. The number of nitrogens with one attached hydrogen (secondary N) is 1. The van der Waals surface area contributed by atoms with Crippen LogP contribution >= 0.6 is 23.2 Å². The number of ketones is 1. The topological polar surface area (TPSA) is 72.9 Å². The predicted molar refractivity (Wildman–Crippen MR) is 117 cm³/mol. The molecule has 30 heavy (non-hydrogen) atoms. The summed E-state index contributed by atoms with van der Waals surface area (Å²) in [6.07, 6.45) is 3.12. The second-order valence-electron chi connectivity index (χ2n) is 9.01. The Morgan fingerprint density at radius 1 is 1.20 bits per heavy atom. The molecule has 2 N–H and O–H groups in total. The summed E-state index contributed by atoms with van der Waals surface area (Å²) < 4.78 is 0. The van der Waals surface area contributed by atoms with Crippen LogP contribution in [0.15, 0.2) is 18.2 Å². The van der Waals surface area contributed by atoms with E-state index in [9.17, 15) is 14.7 Å². The molecule has 8 heteroatoms. The summed E-state index contributed by atoms with van der Waals surface area (Å²) in [6.45, 7) is 3.77. The molecule has 4 rings (SSSR count). The lowest BCUT2D eigenvalue weighted by Crippen LogP contribution is -2.61. The molecular formula is C22H29Cl2N3O3. The number of carbonyl (C=O) groups excluding carboxylic acids is 1. The highest BCUT2D eigenvalue weighted by atomic mass is 35.5. The van der Waals surface area contributed by atoms with E-state index in [1.807, 2.05) is 6.07 Å². The van der Waals surface area contributed by atoms with Gasteiger partial charge in [0.05, 0.1) is 10.0 Å². The number of likely N-dealkylation sites (N-methyl/N-ethyl adjacent to an activating group) is 1. The van der Waals surface area contributed by atoms with Crippen LogP contribution in [0.25, 0.3) is 0 Å². The number of halogens is 2. The van der Waals surface area contributed by atoms with Crippen LogP contribution in [-0.2, 0) is 4.79 Å². The van der Waals surface area contributed by atoms with Crippen molar-refractivity contribution in [2.24, 2.45) is 11.8 Å². The summed E-state index contributed by atoms with van der Waals surface area (Å²) in [5.74, 6) is 0.414. The fraction of sp³-hybridized carbons (Fsp3) is 0.636. The number of Topliss-reactive ketones (excluding diaryl/α,β-unsaturated/α-hetero) is 1. The second kappa shape index (κ2) is 8.65. The van der Waals surface area contributed by atoms with Gasteiger partial charge in [-0.05, 0) is 62.4 Å². The van der Waals surface area contributed by atoms with Gasteiger partial charge in [-0.1, -0.05) is 29.3 Å². The SMILES string of the molecule is CN(C(=O)O)[C@@]1(C(=O)C2CCN(CC3CC3)CC2)CNC[C@@H]1c1ccc(Cl)c(Cl)c1. The number of piperidine rings is 1. The molecule has 0 radical (unpaired) electrons. The number of nitrogens with zero attached hydrogens (tertiary/aromatic N) is 2. The molecule has 0 spiro atoms. The number of hydrogen-bond donors (Lipinski definition) is 2. The molecule has 3 fully saturated rings. The Balaban J connectivity index is 1.60. The first-order chi connectivity index (χ1) is 14.3. The van der Waals surface area contributed by atoms with E-state index in [1.54, 1.807) is 12.1 Å². The van der Waals surface area contributed by atoms with Crippen LogP contribution in [0.3, 0.4) is 0 Å². The van der Waals surface area contributed by atoms with E-state index < -0.39 is 11.6 Å². The molecule has 3 aliphatic rings. The van der Waals surface area contributed by atoms with Crippen LogP contribution in [0.4, 0.5) is 4.79 Å². The van der Waals surface area contributed by atoms with Crippen molar-refractivity contribution in [3.05, 3.63) is 33.8 Å². The van der Waals surface area contributed by atoms with Crippen LogP contribution in [0.5, 0.6) is 0 Å². The Morgan fingerprint density at radius 3 is 2.50 bits per heavy atom. The number of likely N-dealkylation sites (tertiary alicyclic amines) is 1. The molecule has 1 aliphatic carbocycles. The van der Waals surface area contributed by atoms with Gasteiger partial charge in [-0.2, -0.15) is 0 Å². The highest BCUT2D eigenvalue weighted by Crippen LogP contribution is 2.42. The fourth-order valence-corrected chi connectivity index (χ4v) is 5.47. The number of carboxylic acid groups (broad SMARTS) is 1. The van der Waals surface area contributed by atoms with Crippen molar-refractivity contribution < 1.29 is 14.7 Å². The van der Waals surface area contributed by atoms with E-state index >= 15 is 0 Å². The van der Waals surface area contributed by atoms with Crippen molar-refractivity contribution in [1.82, 2.24) is 15.1 Å². The molecular weight excluding hydrogens is 425 g/mol. The minimum absolute atomic E-state index is 0.0274. The van der Waals surface area contributed by atoms with Gasteiger partial charge in [-0.15, -0.1) is 0 Å². The number of rotatable bonds is 6. The van der Waals surface area contributed by atoms with Crippen molar-refractivity contribution in [3.8, 4) is 0 Å². The molecule has 0 unspecified atom stereocenters. The maximum absolute atomic E-state index is 13.9. The van der Waals surface area contributed by atoms with Crippen molar-refractivity contribution in [2.45, 2.75) is 37.1 Å². The number of carbonyl (C=O) groups is 2. The van der Waals surface area contributed by atoms with E-state index in [2.05, 4.69) is 10.2 Å². The van der Waals surface area contributed by atoms with Crippen LogP contribution < -0.4 is 5.32 Å². The highest BCUT2D eigenvalue weighted by molar-refractivity contribution is 6.42. The fourth-order valence-electron chi connectivity index (χ4n) is 5.17. The van der Waals surface area contributed by atoms with Crippen LogP contribution in [0.1, 0.15) is 37.2 Å². The smallest absolute Gasteiger partial charge is 0.407 e. The monoisotopic (exact) mass is 453 g/mol. The van der Waals surface area contributed by atoms with Crippen molar-refractivity contribution in [1.29, 1.82) is 0 Å². The third-order valence-corrected chi connectivity index (χ3v) is 7.89. The van der Waals surface area contributed by atoms with E-state index in [0.717, 1.165) is 44.0 Å². The molecule has 164 valence electrons. The maximum Gasteiger partial charge on any atom is 0.407 e. The van der Waals surface area contributed by atoms with Gasteiger partial charge in [-0.25, -0.2) is 4.79 Å². The Hall–Kier alpha value is -1.34. The lowest BCUT2D eigenvalue weighted by Gasteiger charge is -2.43. The van der Waals surface area contributed by atoms with E-state index in [0.29, 0.717) is 23.1 Å². The molecule has 0 aromatic heterocycles. The molecule has 2 saturated heterocycles. The zero-order valence-corrected chi connectivity index (χ0v) is 18.8. The van der Waals surface area contributed by atoms with Gasteiger partial charge in [-0.3, -0.25) is 9.69 Å². The number of amides is 1. The van der Waals surface area contributed by atoms with Crippen molar-refractivity contribution >= 4 is 35.1 Å². The second-order valence-corrected chi connectivity index (χ2v) is 9.82. The Kier molecular flexibility index (Phi) is 6.31. The van der Waals surface area contributed by atoms with Gasteiger partial charge in [0.1, 0.15) is 5.54 Å². The number of hydrogen-bond acceptors (Lipinski definition) is 4. The average molecular weight is 454 g/mol. The Labute approximate surface area is 187 Å². The summed E-state index contributed by atoms with van der Waals surface area (Å²) in [5.41, 5.74) is -0.311. The summed E-state index contributed by atoms with van der Waals surface area (Å²) in [6, 6.07) is 5.32. The summed E-state index contributed by atoms with van der Waals surface area (Å²) in [7, 11) is 1.51. The third kappa shape index (κ3) is 4.07. The van der Waals surface area contributed by atoms with E-state index in [4.69, 9.17) is 23.2 Å². The molecule has 1 aromatic carbocycles. The van der Waals surface area contributed by atoms with Gasteiger partial charge >= 0.3 is 6.09 Å². The van der Waals surface area contributed by atoms with E-state index in [-0.39, 0.29) is 17.6 Å². The van der Waals surface area contributed by atoms with Crippen molar-refractivity contribution in [3.63, 3.8) is 0 Å². The molecule has 6 nitrogen and oxygen atoms in total. The summed E-state index contributed by atoms with van der Waals surface area (Å²) >= 11 is 12.3. The zero-order valence-electron chi connectivity index (χ0n) is 17.2. The first-order valence-electron chi connectivity index (χ1n) is 10.7. The van der Waals surface area contributed by atoms with Crippen molar-refractivity contribution in [2.75, 3.05) is 39.8 Å². The predicted octanol–water partition coefficient (Wildman–Crippen LogP) is 3.72.